The van der Waals surface area contributed by atoms with E-state index in [1.807, 2.05) is 36.5 Å². The number of ether oxygens (including phenoxy) is 1. The Balaban J connectivity index is 2.41. The summed E-state index contributed by atoms with van der Waals surface area (Å²) in [6.07, 6.45) is 3.01. The van der Waals surface area contributed by atoms with Crippen molar-refractivity contribution in [3.63, 3.8) is 0 Å². The van der Waals surface area contributed by atoms with Crippen LogP contribution in [0.3, 0.4) is 0 Å². The zero-order valence-electron chi connectivity index (χ0n) is 13.3. The summed E-state index contributed by atoms with van der Waals surface area (Å²) in [4.78, 5) is 4.56. The zero-order chi connectivity index (χ0) is 15.2. The maximum atomic E-state index is 6.02. The summed E-state index contributed by atoms with van der Waals surface area (Å²) in [5, 5.41) is 0. The molecule has 0 bridgehead atoms. The topological polar surface area (TPSA) is 21.6 Å². The van der Waals surface area contributed by atoms with E-state index in [0.717, 1.165) is 23.4 Å². The molecule has 21 heavy (non-hydrogen) atoms. The van der Waals surface area contributed by atoms with Gasteiger partial charge in [-0.3, -0.25) is 4.99 Å². The van der Waals surface area contributed by atoms with Gasteiger partial charge < -0.3 is 4.74 Å². The lowest BCUT2D eigenvalue weighted by molar-refractivity contribution is 0.240. The Morgan fingerprint density at radius 3 is 2.48 bits per heavy atom. The van der Waals surface area contributed by atoms with E-state index in [1.54, 1.807) is 0 Å². The maximum absolute atomic E-state index is 6.02. The average molecular weight is 281 g/mol. The van der Waals surface area contributed by atoms with Gasteiger partial charge >= 0.3 is 0 Å². The van der Waals surface area contributed by atoms with Gasteiger partial charge in [0, 0.05) is 11.8 Å². The molecule has 2 aromatic carbocycles. The summed E-state index contributed by atoms with van der Waals surface area (Å²) in [6.45, 7) is 8.37. The third-order valence-electron chi connectivity index (χ3n) is 3.18. The first-order valence-electron chi connectivity index (χ1n) is 7.49. The van der Waals surface area contributed by atoms with Gasteiger partial charge in [-0.15, -0.1) is 0 Å². The third kappa shape index (κ3) is 4.19. The van der Waals surface area contributed by atoms with E-state index < -0.39 is 0 Å². The van der Waals surface area contributed by atoms with Crippen molar-refractivity contribution in [3.8, 4) is 5.75 Å². The fourth-order valence-electron chi connectivity index (χ4n) is 2.27. The lowest BCUT2D eigenvalue weighted by Gasteiger charge is -2.17. The van der Waals surface area contributed by atoms with E-state index in [2.05, 4.69) is 44.8 Å². The van der Waals surface area contributed by atoms with Gasteiger partial charge in [-0.25, -0.2) is 0 Å². The molecule has 2 heteroatoms. The third-order valence-corrected chi connectivity index (χ3v) is 3.18. The van der Waals surface area contributed by atoms with E-state index in [4.69, 9.17) is 4.74 Å². The van der Waals surface area contributed by atoms with Crippen molar-refractivity contribution in [2.75, 3.05) is 0 Å². The van der Waals surface area contributed by atoms with Crippen LogP contribution in [0.2, 0.25) is 0 Å². The van der Waals surface area contributed by atoms with Crippen LogP contribution in [0, 0.1) is 6.92 Å². The number of hydrogen-bond acceptors (Lipinski definition) is 2. The second-order valence-electron chi connectivity index (χ2n) is 5.46. The molecule has 2 nitrogen and oxygen atoms in total. The molecule has 0 spiro atoms. The molecule has 0 amide bonds. The molecule has 0 aromatic heterocycles. The lowest BCUT2D eigenvalue weighted by atomic mass is 10.0. The molecule has 2 aromatic rings. The number of nitrogens with zero attached hydrogens (tertiary/aromatic N) is 1. The summed E-state index contributed by atoms with van der Waals surface area (Å²) < 4.78 is 6.02. The average Bonchev–Trinajstić information content (AvgIpc) is 2.47. The largest absolute Gasteiger partial charge is 0.490 e. The monoisotopic (exact) mass is 281 g/mol. The first-order chi connectivity index (χ1) is 10.1. The standard InChI is InChI=1S/C19H23NO/c1-5-16-11-15(4)12-17(19(16)21-14(2)3)13-20-18-9-7-6-8-10-18/h6-14H,5H2,1-4H3. The number of aliphatic imine (C=N–C) groups is 1. The van der Waals surface area contributed by atoms with Crippen LogP contribution in [0.15, 0.2) is 47.5 Å². The van der Waals surface area contributed by atoms with Crippen molar-refractivity contribution in [3.05, 3.63) is 59.2 Å². The van der Waals surface area contributed by atoms with Crippen molar-refractivity contribution in [1.29, 1.82) is 0 Å². The highest BCUT2D eigenvalue weighted by molar-refractivity contribution is 5.86. The molecule has 0 unspecified atom stereocenters. The van der Waals surface area contributed by atoms with Crippen molar-refractivity contribution in [2.45, 2.75) is 40.2 Å². The SMILES string of the molecule is CCc1cc(C)cc(C=Nc2ccccc2)c1OC(C)C. The number of para-hydroxylation sites is 1. The Hall–Kier alpha value is -2.09. The highest BCUT2D eigenvalue weighted by Crippen LogP contribution is 2.27. The molecule has 0 heterocycles. The Morgan fingerprint density at radius 2 is 1.86 bits per heavy atom. The molecule has 0 radical (unpaired) electrons. The predicted molar refractivity (Wildman–Crippen MR) is 90.0 cm³/mol. The van der Waals surface area contributed by atoms with Crippen LogP contribution < -0.4 is 4.74 Å². The van der Waals surface area contributed by atoms with Gasteiger partial charge in [-0.05, 0) is 56.5 Å². The van der Waals surface area contributed by atoms with Gasteiger partial charge in [-0.2, -0.15) is 0 Å². The minimum Gasteiger partial charge on any atom is -0.490 e. The van der Waals surface area contributed by atoms with Gasteiger partial charge in [-0.1, -0.05) is 31.2 Å². The van der Waals surface area contributed by atoms with Crippen LogP contribution in [0.25, 0.3) is 0 Å². The van der Waals surface area contributed by atoms with E-state index in [-0.39, 0.29) is 6.10 Å². The van der Waals surface area contributed by atoms with Crippen molar-refractivity contribution >= 4 is 11.9 Å². The first kappa shape index (κ1) is 15.3. The molecule has 0 aliphatic carbocycles. The number of hydrogen-bond donors (Lipinski definition) is 0. The molecule has 0 atom stereocenters. The first-order valence-corrected chi connectivity index (χ1v) is 7.49. The maximum Gasteiger partial charge on any atom is 0.131 e. The fraction of sp³-hybridized carbons (Fsp3) is 0.316. The highest BCUT2D eigenvalue weighted by Gasteiger charge is 2.10. The molecule has 0 N–H and O–H groups in total. The molecule has 2 rings (SSSR count). The van der Waals surface area contributed by atoms with Gasteiger partial charge in [0.1, 0.15) is 5.75 Å². The molecular formula is C19H23NO. The summed E-state index contributed by atoms with van der Waals surface area (Å²) in [5.74, 6) is 0.956. The molecule has 0 aliphatic heterocycles. The molecule has 0 fully saturated rings. The lowest BCUT2D eigenvalue weighted by Crippen LogP contribution is -2.10. The van der Waals surface area contributed by atoms with Crippen LogP contribution >= 0.6 is 0 Å². The Kier molecular flexibility index (Phi) is 5.15. The minimum absolute atomic E-state index is 0.155. The summed E-state index contributed by atoms with van der Waals surface area (Å²) >= 11 is 0. The van der Waals surface area contributed by atoms with Gasteiger partial charge in [0.15, 0.2) is 0 Å². The van der Waals surface area contributed by atoms with Gasteiger partial charge in [0.25, 0.3) is 0 Å². The Labute approximate surface area is 127 Å². The van der Waals surface area contributed by atoms with Crippen molar-refractivity contribution in [1.82, 2.24) is 0 Å². The highest BCUT2D eigenvalue weighted by atomic mass is 16.5. The smallest absolute Gasteiger partial charge is 0.131 e. The number of rotatable bonds is 5. The van der Waals surface area contributed by atoms with Crippen molar-refractivity contribution < 1.29 is 4.74 Å². The molecule has 0 saturated carbocycles. The Bertz CT molecular complexity index is 615. The molecular weight excluding hydrogens is 258 g/mol. The van der Waals surface area contributed by atoms with Crippen LogP contribution in [0.4, 0.5) is 5.69 Å². The fourth-order valence-corrected chi connectivity index (χ4v) is 2.27. The number of aryl methyl sites for hydroxylation is 2. The molecule has 0 saturated heterocycles. The zero-order valence-corrected chi connectivity index (χ0v) is 13.3. The van der Waals surface area contributed by atoms with Crippen LogP contribution in [0.5, 0.6) is 5.75 Å². The van der Waals surface area contributed by atoms with Gasteiger partial charge in [0.2, 0.25) is 0 Å². The molecule has 110 valence electrons. The molecule has 0 aliphatic rings. The predicted octanol–water partition coefficient (Wildman–Crippen LogP) is 5.10. The summed E-state index contributed by atoms with van der Waals surface area (Å²) in [6, 6.07) is 14.3. The number of benzene rings is 2. The van der Waals surface area contributed by atoms with E-state index in [0.29, 0.717) is 0 Å². The van der Waals surface area contributed by atoms with Crippen LogP contribution in [-0.4, -0.2) is 12.3 Å². The van der Waals surface area contributed by atoms with Gasteiger partial charge in [0.05, 0.1) is 11.8 Å². The summed E-state index contributed by atoms with van der Waals surface area (Å²) in [7, 11) is 0. The minimum atomic E-state index is 0.155. The quantitative estimate of drug-likeness (QED) is 0.699. The van der Waals surface area contributed by atoms with E-state index in [9.17, 15) is 0 Å². The Morgan fingerprint density at radius 1 is 1.14 bits per heavy atom. The van der Waals surface area contributed by atoms with E-state index >= 15 is 0 Å². The summed E-state index contributed by atoms with van der Waals surface area (Å²) in [5.41, 5.74) is 4.47. The van der Waals surface area contributed by atoms with Crippen LogP contribution in [0.1, 0.15) is 37.5 Å². The second-order valence-corrected chi connectivity index (χ2v) is 5.46. The normalized spacial score (nSPS) is 11.3. The van der Waals surface area contributed by atoms with Crippen LogP contribution in [-0.2, 0) is 6.42 Å². The second kappa shape index (κ2) is 7.07. The van der Waals surface area contributed by atoms with Crippen molar-refractivity contribution in [2.24, 2.45) is 4.99 Å². The van der Waals surface area contributed by atoms with E-state index in [1.165, 1.54) is 11.1 Å².